The van der Waals surface area contributed by atoms with E-state index in [1.54, 1.807) is 0 Å². The largest absolute Gasteiger partial charge is 0.366 e. The average molecular weight is 285 g/mol. The van der Waals surface area contributed by atoms with Gasteiger partial charge in [0.15, 0.2) is 0 Å². The standard InChI is InChI=1S/C13H17F2N3O2/c1-3-4-13(2,17)12(20)18-10-5-7(11(16)19)8(14)6-9(10)15/h5-6H,3-4,17H2,1-2H3,(H2,16,19)(H,18,20). The quantitative estimate of drug-likeness (QED) is 0.765. The van der Waals surface area contributed by atoms with E-state index in [0.717, 1.165) is 6.07 Å². The second kappa shape index (κ2) is 5.96. The number of carbonyl (C=O) groups is 2. The number of hydrogen-bond donors (Lipinski definition) is 3. The van der Waals surface area contributed by atoms with Crippen molar-refractivity contribution in [2.24, 2.45) is 11.5 Å². The van der Waals surface area contributed by atoms with Gasteiger partial charge in [-0.1, -0.05) is 13.3 Å². The van der Waals surface area contributed by atoms with E-state index in [9.17, 15) is 18.4 Å². The van der Waals surface area contributed by atoms with Crippen LogP contribution in [0.4, 0.5) is 14.5 Å². The highest BCUT2D eigenvalue weighted by Crippen LogP contribution is 2.21. The Balaban J connectivity index is 3.07. The van der Waals surface area contributed by atoms with Crippen LogP contribution in [0, 0.1) is 11.6 Å². The molecule has 0 bridgehead atoms. The van der Waals surface area contributed by atoms with Crippen molar-refractivity contribution in [3.8, 4) is 0 Å². The molecule has 110 valence electrons. The number of nitrogens with one attached hydrogen (secondary N) is 1. The van der Waals surface area contributed by atoms with Gasteiger partial charge in [-0.3, -0.25) is 9.59 Å². The molecule has 0 aliphatic rings. The van der Waals surface area contributed by atoms with E-state index >= 15 is 0 Å². The molecule has 0 spiro atoms. The third-order valence-electron chi connectivity index (χ3n) is 2.86. The van der Waals surface area contributed by atoms with Crippen LogP contribution in [-0.2, 0) is 4.79 Å². The lowest BCUT2D eigenvalue weighted by Gasteiger charge is -2.23. The summed E-state index contributed by atoms with van der Waals surface area (Å²) in [6.45, 7) is 3.35. The minimum atomic E-state index is -1.19. The zero-order valence-electron chi connectivity index (χ0n) is 11.3. The van der Waals surface area contributed by atoms with Gasteiger partial charge in [0.05, 0.1) is 16.8 Å². The molecular weight excluding hydrogens is 268 g/mol. The first-order valence-corrected chi connectivity index (χ1v) is 6.08. The molecule has 0 saturated carbocycles. The molecule has 0 radical (unpaired) electrons. The van der Waals surface area contributed by atoms with Crippen molar-refractivity contribution in [2.45, 2.75) is 32.2 Å². The van der Waals surface area contributed by atoms with Crippen molar-refractivity contribution >= 4 is 17.5 Å². The molecule has 1 aromatic rings. The SMILES string of the molecule is CCCC(C)(N)C(=O)Nc1cc(C(N)=O)c(F)cc1F. The maximum Gasteiger partial charge on any atom is 0.251 e. The van der Waals surface area contributed by atoms with Crippen LogP contribution in [0.2, 0.25) is 0 Å². The van der Waals surface area contributed by atoms with Crippen molar-refractivity contribution in [1.82, 2.24) is 0 Å². The Bertz CT molecular complexity index is 545. The second-order valence-electron chi connectivity index (χ2n) is 4.80. The fourth-order valence-corrected chi connectivity index (χ4v) is 1.73. The van der Waals surface area contributed by atoms with Crippen LogP contribution in [0.1, 0.15) is 37.0 Å². The Morgan fingerprint density at radius 2 is 1.90 bits per heavy atom. The Hall–Kier alpha value is -2.02. The van der Waals surface area contributed by atoms with Gasteiger partial charge in [0.2, 0.25) is 5.91 Å². The van der Waals surface area contributed by atoms with Gasteiger partial charge in [-0.25, -0.2) is 8.78 Å². The van der Waals surface area contributed by atoms with Gasteiger partial charge in [-0.05, 0) is 19.4 Å². The van der Waals surface area contributed by atoms with E-state index in [-0.39, 0.29) is 5.69 Å². The van der Waals surface area contributed by atoms with Crippen molar-refractivity contribution in [3.63, 3.8) is 0 Å². The summed E-state index contributed by atoms with van der Waals surface area (Å²) in [5.41, 5.74) is 8.72. The van der Waals surface area contributed by atoms with Crippen molar-refractivity contribution in [1.29, 1.82) is 0 Å². The second-order valence-corrected chi connectivity index (χ2v) is 4.80. The van der Waals surface area contributed by atoms with Gasteiger partial charge in [0.25, 0.3) is 5.91 Å². The van der Waals surface area contributed by atoms with E-state index < -0.39 is 34.6 Å². The van der Waals surface area contributed by atoms with Gasteiger partial charge >= 0.3 is 0 Å². The molecule has 0 fully saturated rings. The van der Waals surface area contributed by atoms with E-state index in [1.165, 1.54) is 6.92 Å². The topological polar surface area (TPSA) is 98.2 Å². The van der Waals surface area contributed by atoms with E-state index in [0.29, 0.717) is 18.9 Å². The number of carbonyl (C=O) groups excluding carboxylic acids is 2. The lowest BCUT2D eigenvalue weighted by Crippen LogP contribution is -2.48. The molecule has 0 saturated heterocycles. The van der Waals surface area contributed by atoms with Crippen LogP contribution in [0.5, 0.6) is 0 Å². The zero-order valence-corrected chi connectivity index (χ0v) is 11.3. The number of anilines is 1. The number of primary amides is 1. The van der Waals surface area contributed by atoms with Crippen molar-refractivity contribution in [3.05, 3.63) is 29.3 Å². The van der Waals surface area contributed by atoms with E-state index in [4.69, 9.17) is 11.5 Å². The molecule has 1 rings (SSSR count). The number of amides is 2. The first-order chi connectivity index (χ1) is 9.19. The van der Waals surface area contributed by atoms with Crippen LogP contribution in [0.25, 0.3) is 0 Å². The lowest BCUT2D eigenvalue weighted by molar-refractivity contribution is -0.120. The summed E-state index contributed by atoms with van der Waals surface area (Å²) < 4.78 is 26.9. The monoisotopic (exact) mass is 285 g/mol. The molecule has 0 aliphatic heterocycles. The molecule has 1 aromatic carbocycles. The van der Waals surface area contributed by atoms with Crippen LogP contribution in [0.15, 0.2) is 12.1 Å². The maximum atomic E-state index is 13.6. The molecule has 1 unspecified atom stereocenters. The Labute approximate surface area is 115 Å². The predicted molar refractivity (Wildman–Crippen MR) is 71.0 cm³/mol. The van der Waals surface area contributed by atoms with Gasteiger partial charge < -0.3 is 16.8 Å². The average Bonchev–Trinajstić information content (AvgIpc) is 2.31. The molecule has 1 atom stereocenters. The molecule has 5 nitrogen and oxygen atoms in total. The third kappa shape index (κ3) is 3.51. The lowest BCUT2D eigenvalue weighted by atomic mass is 9.96. The summed E-state index contributed by atoms with van der Waals surface area (Å²) in [5, 5.41) is 2.24. The summed E-state index contributed by atoms with van der Waals surface area (Å²) in [5.74, 6) is -3.77. The Kier molecular flexibility index (Phi) is 4.78. The van der Waals surface area contributed by atoms with E-state index in [1.807, 2.05) is 6.92 Å². The highest BCUT2D eigenvalue weighted by atomic mass is 19.1. The van der Waals surface area contributed by atoms with Crippen LogP contribution in [0.3, 0.4) is 0 Å². The molecule has 0 heterocycles. The summed E-state index contributed by atoms with van der Waals surface area (Å²) in [6.07, 6.45) is 1.06. The molecule has 20 heavy (non-hydrogen) atoms. The van der Waals surface area contributed by atoms with Crippen LogP contribution < -0.4 is 16.8 Å². The fraction of sp³-hybridized carbons (Fsp3) is 0.385. The smallest absolute Gasteiger partial charge is 0.251 e. The van der Waals surface area contributed by atoms with Crippen molar-refractivity contribution < 1.29 is 18.4 Å². The molecule has 7 heteroatoms. The first-order valence-electron chi connectivity index (χ1n) is 6.08. The minimum Gasteiger partial charge on any atom is -0.366 e. The van der Waals surface area contributed by atoms with Gasteiger partial charge in [0, 0.05) is 6.07 Å². The zero-order chi connectivity index (χ0) is 15.5. The number of rotatable bonds is 5. The summed E-state index contributed by atoms with van der Waals surface area (Å²) in [7, 11) is 0. The normalized spacial score (nSPS) is 13.7. The minimum absolute atomic E-state index is 0.335. The Morgan fingerprint density at radius 3 is 2.40 bits per heavy atom. The number of benzene rings is 1. The maximum absolute atomic E-state index is 13.6. The van der Waals surface area contributed by atoms with Crippen LogP contribution >= 0.6 is 0 Å². The van der Waals surface area contributed by atoms with Crippen LogP contribution in [-0.4, -0.2) is 17.4 Å². The van der Waals surface area contributed by atoms with Gasteiger partial charge in [-0.15, -0.1) is 0 Å². The molecular formula is C13H17F2N3O2. The molecule has 5 N–H and O–H groups in total. The summed E-state index contributed by atoms with van der Waals surface area (Å²) >= 11 is 0. The molecule has 0 aromatic heterocycles. The summed E-state index contributed by atoms with van der Waals surface area (Å²) in [6, 6.07) is 1.34. The predicted octanol–water partition coefficient (Wildman–Crippen LogP) is 1.52. The Morgan fingerprint density at radius 1 is 1.30 bits per heavy atom. The number of halogens is 2. The highest BCUT2D eigenvalue weighted by molar-refractivity contribution is 5.99. The summed E-state index contributed by atoms with van der Waals surface area (Å²) in [4.78, 5) is 22.9. The molecule has 0 aliphatic carbocycles. The van der Waals surface area contributed by atoms with Gasteiger partial charge in [-0.2, -0.15) is 0 Å². The van der Waals surface area contributed by atoms with Crippen molar-refractivity contribution in [2.75, 3.05) is 5.32 Å². The third-order valence-corrected chi connectivity index (χ3v) is 2.86. The highest BCUT2D eigenvalue weighted by Gasteiger charge is 2.28. The number of nitrogens with two attached hydrogens (primary N) is 2. The number of hydrogen-bond acceptors (Lipinski definition) is 3. The van der Waals surface area contributed by atoms with Gasteiger partial charge in [0.1, 0.15) is 11.6 Å². The van der Waals surface area contributed by atoms with E-state index in [2.05, 4.69) is 5.32 Å². The molecule has 2 amide bonds. The first kappa shape index (κ1) is 16.0. The fourth-order valence-electron chi connectivity index (χ4n) is 1.73.